The monoisotopic (exact) mass is 356 g/mol. The van der Waals surface area contributed by atoms with Crippen molar-refractivity contribution < 1.29 is 9.53 Å². The van der Waals surface area contributed by atoms with E-state index >= 15 is 0 Å². The molecule has 0 spiro atoms. The van der Waals surface area contributed by atoms with E-state index in [0.717, 1.165) is 24.1 Å². The van der Waals surface area contributed by atoms with Gasteiger partial charge in [-0.25, -0.2) is 4.79 Å². The van der Waals surface area contributed by atoms with Gasteiger partial charge in [0.15, 0.2) is 5.11 Å². The van der Waals surface area contributed by atoms with Crippen LogP contribution in [0, 0.1) is 6.92 Å². The summed E-state index contributed by atoms with van der Waals surface area (Å²) in [6.07, 6.45) is 1.97. The Morgan fingerprint density at radius 2 is 1.88 bits per heavy atom. The summed E-state index contributed by atoms with van der Waals surface area (Å²) in [7, 11) is 1.38. The van der Waals surface area contributed by atoms with E-state index in [9.17, 15) is 4.79 Å². The number of methoxy groups -OCH3 is 1. The number of ether oxygens (including phenoxy) is 1. The summed E-state index contributed by atoms with van der Waals surface area (Å²) in [5.74, 6) is -0.351. The number of carbonyl (C=O) groups excluding carboxylic acids is 1. The van der Waals surface area contributed by atoms with Crippen LogP contribution in [0.25, 0.3) is 0 Å². The molecule has 4 nitrogen and oxygen atoms in total. The van der Waals surface area contributed by atoms with Crippen LogP contribution < -0.4 is 10.6 Å². The number of rotatable bonds is 6. The molecule has 2 rings (SSSR count). The standard InChI is InChI=1S/C20H24N2O2S/c1-14(12-13-16-8-5-4-6-9-16)21-20(25)22-18-11-7-10-17(15(18)2)19(23)24-3/h4-11,14H,12-13H2,1-3H3,(H2,21,22,25). The quantitative estimate of drug-likeness (QED) is 0.603. The molecule has 0 saturated carbocycles. The number of anilines is 1. The highest BCUT2D eigenvalue weighted by Crippen LogP contribution is 2.19. The molecule has 0 aliphatic carbocycles. The van der Waals surface area contributed by atoms with E-state index in [1.807, 2.05) is 25.1 Å². The Kier molecular flexibility index (Phi) is 6.95. The summed E-state index contributed by atoms with van der Waals surface area (Å²) in [4.78, 5) is 11.8. The first-order valence-corrected chi connectivity index (χ1v) is 8.71. The average Bonchev–Trinajstić information content (AvgIpc) is 2.62. The number of hydrogen-bond acceptors (Lipinski definition) is 3. The van der Waals surface area contributed by atoms with Crippen molar-refractivity contribution in [1.29, 1.82) is 0 Å². The Morgan fingerprint density at radius 3 is 2.56 bits per heavy atom. The molecule has 0 aliphatic rings. The van der Waals surface area contributed by atoms with Crippen molar-refractivity contribution in [2.24, 2.45) is 0 Å². The lowest BCUT2D eigenvalue weighted by atomic mass is 10.1. The van der Waals surface area contributed by atoms with E-state index in [1.54, 1.807) is 6.07 Å². The third-order valence-electron chi connectivity index (χ3n) is 4.07. The average molecular weight is 356 g/mol. The lowest BCUT2D eigenvalue weighted by Gasteiger charge is -2.18. The molecular formula is C20H24N2O2S. The van der Waals surface area contributed by atoms with Gasteiger partial charge in [0, 0.05) is 11.7 Å². The van der Waals surface area contributed by atoms with Crippen LogP contribution in [0.4, 0.5) is 5.69 Å². The fourth-order valence-corrected chi connectivity index (χ4v) is 2.90. The summed E-state index contributed by atoms with van der Waals surface area (Å²) in [5.41, 5.74) is 3.47. The number of benzene rings is 2. The Balaban J connectivity index is 1.90. The second-order valence-electron chi connectivity index (χ2n) is 5.99. The van der Waals surface area contributed by atoms with Crippen molar-refractivity contribution >= 4 is 29.0 Å². The van der Waals surface area contributed by atoms with E-state index in [2.05, 4.69) is 41.8 Å². The van der Waals surface area contributed by atoms with Crippen molar-refractivity contribution in [2.45, 2.75) is 32.7 Å². The maximum atomic E-state index is 11.8. The minimum absolute atomic E-state index is 0.240. The normalized spacial score (nSPS) is 11.5. The van der Waals surface area contributed by atoms with Gasteiger partial charge in [0.25, 0.3) is 0 Å². The third-order valence-corrected chi connectivity index (χ3v) is 4.29. The van der Waals surface area contributed by atoms with Crippen molar-refractivity contribution in [1.82, 2.24) is 5.32 Å². The number of hydrogen-bond donors (Lipinski definition) is 2. The van der Waals surface area contributed by atoms with Crippen LogP contribution in [-0.2, 0) is 11.2 Å². The van der Waals surface area contributed by atoms with Gasteiger partial charge in [0.2, 0.25) is 0 Å². The van der Waals surface area contributed by atoms with Gasteiger partial charge >= 0.3 is 5.97 Å². The molecule has 1 atom stereocenters. The van der Waals surface area contributed by atoms with Gasteiger partial charge in [-0.15, -0.1) is 0 Å². The molecule has 0 radical (unpaired) electrons. The van der Waals surface area contributed by atoms with Crippen LogP contribution in [-0.4, -0.2) is 24.2 Å². The summed E-state index contributed by atoms with van der Waals surface area (Å²) >= 11 is 5.40. The van der Waals surface area contributed by atoms with Gasteiger partial charge in [-0.2, -0.15) is 0 Å². The van der Waals surface area contributed by atoms with Crippen LogP contribution in [0.1, 0.15) is 34.8 Å². The molecule has 0 aliphatic heterocycles. The van der Waals surface area contributed by atoms with Gasteiger partial charge in [-0.3, -0.25) is 0 Å². The second-order valence-corrected chi connectivity index (χ2v) is 6.40. The van der Waals surface area contributed by atoms with Crippen LogP contribution in [0.2, 0.25) is 0 Å². The van der Waals surface area contributed by atoms with Crippen molar-refractivity contribution in [3.8, 4) is 0 Å². The highest BCUT2D eigenvalue weighted by Gasteiger charge is 2.13. The number of carbonyl (C=O) groups is 1. The lowest BCUT2D eigenvalue weighted by molar-refractivity contribution is 0.0600. The molecule has 2 aromatic carbocycles. The summed E-state index contributed by atoms with van der Waals surface area (Å²) in [5, 5.41) is 7.01. The molecule has 0 fully saturated rings. The van der Waals surface area contributed by atoms with Crippen molar-refractivity contribution in [3.63, 3.8) is 0 Å². The maximum absolute atomic E-state index is 11.8. The van der Waals surface area contributed by atoms with Gasteiger partial charge < -0.3 is 15.4 Å². The number of thiocarbonyl (C=S) groups is 1. The van der Waals surface area contributed by atoms with Crippen LogP contribution >= 0.6 is 12.2 Å². The number of aryl methyl sites for hydroxylation is 1. The molecule has 0 saturated heterocycles. The topological polar surface area (TPSA) is 50.4 Å². The molecule has 2 aromatic rings. The van der Waals surface area contributed by atoms with Crippen LogP contribution in [0.3, 0.4) is 0 Å². The first kappa shape index (κ1) is 18.9. The minimum Gasteiger partial charge on any atom is -0.465 e. The van der Waals surface area contributed by atoms with E-state index in [0.29, 0.717) is 10.7 Å². The molecule has 1 unspecified atom stereocenters. The predicted octanol–water partition coefficient (Wildman–Crippen LogP) is 4.09. The molecule has 0 aromatic heterocycles. The van der Waals surface area contributed by atoms with Gasteiger partial charge in [0.05, 0.1) is 12.7 Å². The molecule has 5 heteroatoms. The summed E-state index contributed by atoms with van der Waals surface area (Å²) < 4.78 is 4.80. The highest BCUT2D eigenvalue weighted by atomic mass is 32.1. The van der Waals surface area contributed by atoms with E-state index in [-0.39, 0.29) is 12.0 Å². The Hall–Kier alpha value is -2.40. The molecule has 132 valence electrons. The van der Waals surface area contributed by atoms with E-state index < -0.39 is 0 Å². The molecule has 0 amide bonds. The van der Waals surface area contributed by atoms with E-state index in [1.165, 1.54) is 12.7 Å². The highest BCUT2D eigenvalue weighted by molar-refractivity contribution is 7.80. The first-order chi connectivity index (χ1) is 12.0. The molecule has 0 bridgehead atoms. The fourth-order valence-electron chi connectivity index (χ4n) is 2.58. The largest absolute Gasteiger partial charge is 0.465 e. The zero-order chi connectivity index (χ0) is 18.2. The van der Waals surface area contributed by atoms with Gasteiger partial charge in [-0.05, 0) is 62.2 Å². The van der Waals surface area contributed by atoms with E-state index in [4.69, 9.17) is 17.0 Å². The molecule has 2 N–H and O–H groups in total. The second kappa shape index (κ2) is 9.18. The van der Waals surface area contributed by atoms with Gasteiger partial charge in [-0.1, -0.05) is 36.4 Å². The van der Waals surface area contributed by atoms with Crippen LogP contribution in [0.15, 0.2) is 48.5 Å². The number of esters is 1. The summed E-state index contributed by atoms with van der Waals surface area (Å²) in [6.45, 7) is 3.98. The smallest absolute Gasteiger partial charge is 0.338 e. The van der Waals surface area contributed by atoms with Crippen LogP contribution in [0.5, 0.6) is 0 Å². The molecule has 0 heterocycles. The minimum atomic E-state index is -0.351. The molecular weight excluding hydrogens is 332 g/mol. The first-order valence-electron chi connectivity index (χ1n) is 8.30. The Bertz CT molecular complexity index is 732. The Morgan fingerprint density at radius 1 is 1.16 bits per heavy atom. The summed E-state index contributed by atoms with van der Waals surface area (Å²) in [6, 6.07) is 16.1. The number of nitrogens with one attached hydrogen (secondary N) is 2. The maximum Gasteiger partial charge on any atom is 0.338 e. The zero-order valence-electron chi connectivity index (χ0n) is 14.8. The van der Waals surface area contributed by atoms with Gasteiger partial charge in [0.1, 0.15) is 0 Å². The lowest BCUT2D eigenvalue weighted by Crippen LogP contribution is -2.36. The SMILES string of the molecule is COC(=O)c1cccc(NC(=S)NC(C)CCc2ccccc2)c1C. The van der Waals surface area contributed by atoms with Crippen molar-refractivity contribution in [3.05, 3.63) is 65.2 Å². The Labute approximate surface area is 154 Å². The third kappa shape index (κ3) is 5.57. The fraction of sp³-hybridized carbons (Fsp3) is 0.300. The zero-order valence-corrected chi connectivity index (χ0v) is 15.7. The molecule has 25 heavy (non-hydrogen) atoms. The van der Waals surface area contributed by atoms with Crippen molar-refractivity contribution in [2.75, 3.05) is 12.4 Å². The predicted molar refractivity (Wildman–Crippen MR) is 106 cm³/mol.